The minimum Gasteiger partial charge on any atom is -0.379 e. The first-order chi connectivity index (χ1) is 12.8. The summed E-state index contributed by atoms with van der Waals surface area (Å²) in [5, 5.41) is 2.91. The van der Waals surface area contributed by atoms with Crippen LogP contribution in [0.4, 0.5) is 23.4 Å². The first-order valence-electron chi connectivity index (χ1n) is 8.38. The molecule has 0 spiro atoms. The molecule has 1 saturated heterocycles. The Bertz CT molecular complexity index is 764. The lowest BCUT2D eigenvalue weighted by Gasteiger charge is -2.35. The lowest BCUT2D eigenvalue weighted by atomic mass is 10.0. The third kappa shape index (κ3) is 5.09. The van der Waals surface area contributed by atoms with Crippen molar-refractivity contribution in [1.29, 1.82) is 0 Å². The standard InChI is InChI=1S/C18H18ClF4N3O/c19-15-9-13(18(21,22)23)10-24-17(15)25-11-16(26-5-7-27-8-6-26)12-1-3-14(20)4-2-12/h1-4,9-10,16H,5-8,11H2,(H,24,25). The van der Waals surface area contributed by atoms with E-state index in [1.807, 2.05) is 0 Å². The number of morpholine rings is 1. The summed E-state index contributed by atoms with van der Waals surface area (Å²) in [4.78, 5) is 5.97. The Kier molecular flexibility index (Phi) is 6.18. The molecule has 146 valence electrons. The predicted molar refractivity (Wildman–Crippen MR) is 94.3 cm³/mol. The molecule has 4 nitrogen and oxygen atoms in total. The highest BCUT2D eigenvalue weighted by Gasteiger charge is 2.31. The number of nitrogens with one attached hydrogen (secondary N) is 1. The van der Waals surface area contributed by atoms with Crippen LogP contribution in [-0.4, -0.2) is 42.7 Å². The summed E-state index contributed by atoms with van der Waals surface area (Å²) in [7, 11) is 0. The van der Waals surface area contributed by atoms with Crippen molar-refractivity contribution in [3.05, 3.63) is 58.5 Å². The molecule has 1 fully saturated rings. The van der Waals surface area contributed by atoms with Crippen LogP contribution < -0.4 is 5.32 Å². The van der Waals surface area contributed by atoms with Gasteiger partial charge < -0.3 is 10.1 Å². The quantitative estimate of drug-likeness (QED) is 0.752. The molecule has 0 radical (unpaired) electrons. The summed E-state index contributed by atoms with van der Waals surface area (Å²) in [6.07, 6.45) is -3.75. The minimum atomic E-state index is -4.50. The molecule has 27 heavy (non-hydrogen) atoms. The number of rotatable bonds is 5. The van der Waals surface area contributed by atoms with Crippen molar-refractivity contribution in [2.75, 3.05) is 38.2 Å². The number of hydrogen-bond donors (Lipinski definition) is 1. The van der Waals surface area contributed by atoms with Crippen molar-refractivity contribution >= 4 is 17.4 Å². The van der Waals surface area contributed by atoms with E-state index >= 15 is 0 Å². The second-order valence-corrected chi connectivity index (χ2v) is 6.56. The largest absolute Gasteiger partial charge is 0.417 e. The third-order valence-electron chi connectivity index (χ3n) is 4.37. The summed E-state index contributed by atoms with van der Waals surface area (Å²) in [5.41, 5.74) is -0.0184. The van der Waals surface area contributed by atoms with Gasteiger partial charge >= 0.3 is 6.18 Å². The van der Waals surface area contributed by atoms with Gasteiger partial charge in [-0.25, -0.2) is 9.37 Å². The van der Waals surface area contributed by atoms with Crippen LogP contribution in [0.25, 0.3) is 0 Å². The van der Waals surface area contributed by atoms with Crippen LogP contribution in [-0.2, 0) is 10.9 Å². The van der Waals surface area contributed by atoms with Crippen LogP contribution in [0.5, 0.6) is 0 Å². The number of pyridine rings is 1. The summed E-state index contributed by atoms with van der Waals surface area (Å²) in [6.45, 7) is 2.90. The SMILES string of the molecule is Fc1ccc(C(CNc2ncc(C(F)(F)F)cc2Cl)N2CCOCC2)cc1. The fraction of sp³-hybridized carbons (Fsp3) is 0.389. The molecule has 0 aliphatic carbocycles. The van der Waals surface area contributed by atoms with E-state index in [0.29, 0.717) is 32.8 Å². The minimum absolute atomic E-state index is 0.107. The van der Waals surface area contributed by atoms with Crippen LogP contribution in [0.2, 0.25) is 5.02 Å². The molecule has 1 aliphatic rings. The van der Waals surface area contributed by atoms with Crippen molar-refractivity contribution in [2.24, 2.45) is 0 Å². The molecule has 2 aromatic rings. The number of anilines is 1. The topological polar surface area (TPSA) is 37.4 Å². The molecule has 1 aliphatic heterocycles. The number of nitrogens with zero attached hydrogens (tertiary/aromatic N) is 2. The normalized spacial score (nSPS) is 16.9. The molecule has 2 heterocycles. The monoisotopic (exact) mass is 403 g/mol. The van der Waals surface area contributed by atoms with Crippen LogP contribution >= 0.6 is 11.6 Å². The summed E-state index contributed by atoms with van der Waals surface area (Å²) >= 11 is 5.96. The summed E-state index contributed by atoms with van der Waals surface area (Å²) < 4.78 is 56.9. The van der Waals surface area contributed by atoms with Gasteiger partial charge in [0.25, 0.3) is 0 Å². The molecule has 0 saturated carbocycles. The average Bonchev–Trinajstić information content (AvgIpc) is 2.64. The maximum absolute atomic E-state index is 13.3. The molecule has 0 bridgehead atoms. The first kappa shape index (κ1) is 19.9. The van der Waals surface area contributed by atoms with E-state index in [2.05, 4.69) is 15.2 Å². The van der Waals surface area contributed by atoms with Crippen molar-refractivity contribution in [1.82, 2.24) is 9.88 Å². The maximum atomic E-state index is 13.3. The van der Waals surface area contributed by atoms with Gasteiger partial charge in [-0.3, -0.25) is 4.90 Å². The van der Waals surface area contributed by atoms with Gasteiger partial charge in [0.2, 0.25) is 0 Å². The molecule has 1 aromatic carbocycles. The van der Waals surface area contributed by atoms with Gasteiger partial charge in [-0.1, -0.05) is 23.7 Å². The van der Waals surface area contributed by atoms with E-state index in [9.17, 15) is 17.6 Å². The van der Waals surface area contributed by atoms with Crippen LogP contribution in [0.3, 0.4) is 0 Å². The second kappa shape index (κ2) is 8.41. The number of aromatic nitrogens is 1. The Morgan fingerprint density at radius 1 is 1.19 bits per heavy atom. The van der Waals surface area contributed by atoms with E-state index in [4.69, 9.17) is 16.3 Å². The molecule has 9 heteroatoms. The lowest BCUT2D eigenvalue weighted by Crippen LogP contribution is -2.41. The maximum Gasteiger partial charge on any atom is 0.417 e. The van der Waals surface area contributed by atoms with E-state index < -0.39 is 11.7 Å². The first-order valence-corrected chi connectivity index (χ1v) is 8.76. The van der Waals surface area contributed by atoms with Gasteiger partial charge in [-0.15, -0.1) is 0 Å². The Morgan fingerprint density at radius 2 is 1.85 bits per heavy atom. The third-order valence-corrected chi connectivity index (χ3v) is 4.66. The molecule has 0 amide bonds. The highest BCUT2D eigenvalue weighted by Crippen LogP contribution is 2.32. The van der Waals surface area contributed by atoms with Crippen molar-refractivity contribution in [3.8, 4) is 0 Å². The Hall–Kier alpha value is -1.90. The van der Waals surface area contributed by atoms with Gasteiger partial charge in [0.1, 0.15) is 11.6 Å². The molecule has 1 N–H and O–H groups in total. The van der Waals surface area contributed by atoms with Gasteiger partial charge in [0.15, 0.2) is 0 Å². The Balaban J connectivity index is 1.77. The fourth-order valence-corrected chi connectivity index (χ4v) is 3.18. The zero-order valence-corrected chi connectivity index (χ0v) is 15.0. The van der Waals surface area contributed by atoms with E-state index in [1.54, 1.807) is 12.1 Å². The highest BCUT2D eigenvalue weighted by atomic mass is 35.5. The Labute approximate surface area is 159 Å². The molecular formula is C18H18ClF4N3O. The van der Waals surface area contributed by atoms with Crippen molar-refractivity contribution in [3.63, 3.8) is 0 Å². The molecular weight excluding hydrogens is 386 g/mol. The van der Waals surface area contributed by atoms with Gasteiger partial charge in [-0.05, 0) is 23.8 Å². The summed E-state index contributed by atoms with van der Waals surface area (Å²) in [6, 6.07) is 6.86. The number of halogens is 5. The number of ether oxygens (including phenoxy) is 1. The lowest BCUT2D eigenvalue weighted by molar-refractivity contribution is -0.137. The predicted octanol–water partition coefficient (Wildman–Crippen LogP) is 4.38. The van der Waals surface area contributed by atoms with E-state index in [-0.39, 0.29) is 22.7 Å². The zero-order valence-electron chi connectivity index (χ0n) is 14.3. The van der Waals surface area contributed by atoms with Crippen LogP contribution in [0, 0.1) is 5.82 Å². The molecule has 1 atom stereocenters. The van der Waals surface area contributed by atoms with Crippen molar-refractivity contribution in [2.45, 2.75) is 12.2 Å². The van der Waals surface area contributed by atoms with Crippen LogP contribution in [0.1, 0.15) is 17.2 Å². The van der Waals surface area contributed by atoms with Gasteiger partial charge in [-0.2, -0.15) is 13.2 Å². The number of alkyl halides is 3. The second-order valence-electron chi connectivity index (χ2n) is 6.15. The van der Waals surface area contributed by atoms with E-state index in [1.165, 1.54) is 12.1 Å². The van der Waals surface area contributed by atoms with E-state index in [0.717, 1.165) is 17.8 Å². The van der Waals surface area contributed by atoms with Gasteiger partial charge in [0, 0.05) is 25.8 Å². The smallest absolute Gasteiger partial charge is 0.379 e. The average molecular weight is 404 g/mol. The number of hydrogen-bond acceptors (Lipinski definition) is 4. The van der Waals surface area contributed by atoms with Crippen LogP contribution in [0.15, 0.2) is 36.5 Å². The number of benzene rings is 1. The van der Waals surface area contributed by atoms with Crippen molar-refractivity contribution < 1.29 is 22.3 Å². The highest BCUT2D eigenvalue weighted by molar-refractivity contribution is 6.32. The molecule has 3 rings (SSSR count). The molecule has 1 unspecified atom stereocenters. The van der Waals surface area contributed by atoms with Gasteiger partial charge in [0.05, 0.1) is 29.8 Å². The Morgan fingerprint density at radius 3 is 2.44 bits per heavy atom. The fourth-order valence-electron chi connectivity index (χ4n) is 2.95. The zero-order chi connectivity index (χ0) is 19.4. The molecule has 1 aromatic heterocycles. The summed E-state index contributed by atoms with van der Waals surface area (Å²) in [5.74, 6) is -0.162.